The average molecular weight is 333 g/mol. The van der Waals surface area contributed by atoms with Gasteiger partial charge < -0.3 is 5.32 Å². The summed E-state index contributed by atoms with van der Waals surface area (Å²) in [5.74, 6) is -0.189. The van der Waals surface area contributed by atoms with Crippen LogP contribution in [0.3, 0.4) is 0 Å². The van der Waals surface area contributed by atoms with Crippen LogP contribution < -0.4 is 5.32 Å². The van der Waals surface area contributed by atoms with E-state index in [0.29, 0.717) is 17.6 Å². The summed E-state index contributed by atoms with van der Waals surface area (Å²) in [5, 5.41) is 21.9. The first-order valence-electron chi connectivity index (χ1n) is 7.80. The van der Waals surface area contributed by atoms with E-state index in [1.54, 1.807) is 35.4 Å². The van der Waals surface area contributed by atoms with Crippen LogP contribution in [0, 0.1) is 0 Å². The van der Waals surface area contributed by atoms with E-state index in [9.17, 15) is 4.79 Å². The Hall–Kier alpha value is -3.55. The molecule has 4 rings (SSSR count). The van der Waals surface area contributed by atoms with Gasteiger partial charge in [-0.2, -0.15) is 30.4 Å². The van der Waals surface area contributed by atoms with Crippen LogP contribution in [0.1, 0.15) is 22.0 Å². The van der Waals surface area contributed by atoms with Crippen molar-refractivity contribution in [2.45, 2.75) is 12.6 Å². The van der Waals surface area contributed by atoms with Gasteiger partial charge in [-0.1, -0.05) is 30.3 Å². The van der Waals surface area contributed by atoms with Gasteiger partial charge in [0.05, 0.1) is 25.0 Å². The predicted octanol–water partition coefficient (Wildman–Crippen LogP) is 1.72. The van der Waals surface area contributed by atoms with Crippen LogP contribution in [0.15, 0.2) is 60.9 Å². The lowest BCUT2D eigenvalue weighted by molar-refractivity contribution is 0.0931. The highest BCUT2D eigenvalue weighted by molar-refractivity contribution is 5.97. The molecule has 0 aliphatic rings. The summed E-state index contributed by atoms with van der Waals surface area (Å²) in [5.41, 5.74) is 2.88. The SMILES string of the molecule is O=C(NC(Cn1nccn1)c1ccccc1)c1ccc2n[nH]nc2c1. The van der Waals surface area contributed by atoms with Crippen LogP contribution in [-0.4, -0.2) is 36.3 Å². The fourth-order valence-electron chi connectivity index (χ4n) is 2.64. The van der Waals surface area contributed by atoms with Crippen LogP contribution in [0.4, 0.5) is 0 Å². The van der Waals surface area contributed by atoms with Crippen molar-refractivity contribution in [3.05, 3.63) is 72.1 Å². The second-order valence-corrected chi connectivity index (χ2v) is 5.55. The molecule has 0 aliphatic heterocycles. The average Bonchev–Trinajstić information content (AvgIpc) is 3.32. The largest absolute Gasteiger partial charge is 0.343 e. The highest BCUT2D eigenvalue weighted by Crippen LogP contribution is 2.16. The smallest absolute Gasteiger partial charge is 0.251 e. The lowest BCUT2D eigenvalue weighted by Gasteiger charge is -2.18. The molecule has 0 fully saturated rings. The van der Waals surface area contributed by atoms with E-state index < -0.39 is 0 Å². The zero-order chi connectivity index (χ0) is 17.1. The first kappa shape index (κ1) is 15.0. The molecule has 0 aliphatic carbocycles. The van der Waals surface area contributed by atoms with E-state index in [-0.39, 0.29) is 11.9 Å². The number of carbonyl (C=O) groups excluding carboxylic acids is 1. The summed E-state index contributed by atoms with van der Waals surface area (Å²) in [6.07, 6.45) is 3.23. The molecule has 2 heterocycles. The monoisotopic (exact) mass is 333 g/mol. The maximum absolute atomic E-state index is 12.7. The van der Waals surface area contributed by atoms with Crippen molar-refractivity contribution in [1.82, 2.24) is 35.7 Å². The molecule has 124 valence electrons. The maximum atomic E-state index is 12.7. The van der Waals surface area contributed by atoms with E-state index in [1.807, 2.05) is 30.3 Å². The lowest BCUT2D eigenvalue weighted by Crippen LogP contribution is -2.32. The van der Waals surface area contributed by atoms with Crippen molar-refractivity contribution < 1.29 is 4.79 Å². The summed E-state index contributed by atoms with van der Waals surface area (Å²) in [4.78, 5) is 14.3. The Kier molecular flexibility index (Phi) is 3.91. The molecule has 0 spiro atoms. The summed E-state index contributed by atoms with van der Waals surface area (Å²) >= 11 is 0. The third kappa shape index (κ3) is 3.23. The number of aromatic amines is 1. The normalized spacial score (nSPS) is 12.2. The van der Waals surface area contributed by atoms with E-state index in [0.717, 1.165) is 11.1 Å². The van der Waals surface area contributed by atoms with Gasteiger partial charge in [-0.25, -0.2) is 0 Å². The van der Waals surface area contributed by atoms with Crippen molar-refractivity contribution in [2.24, 2.45) is 0 Å². The summed E-state index contributed by atoms with van der Waals surface area (Å²) in [7, 11) is 0. The third-order valence-corrected chi connectivity index (χ3v) is 3.90. The molecule has 2 aromatic heterocycles. The number of hydrogen-bond donors (Lipinski definition) is 2. The molecule has 0 saturated carbocycles. The highest BCUT2D eigenvalue weighted by atomic mass is 16.1. The number of fused-ring (bicyclic) bond motifs is 1. The number of amides is 1. The second kappa shape index (κ2) is 6.52. The Morgan fingerprint density at radius 2 is 1.80 bits per heavy atom. The fourth-order valence-corrected chi connectivity index (χ4v) is 2.64. The number of carbonyl (C=O) groups is 1. The van der Waals surface area contributed by atoms with Crippen LogP contribution in [0.5, 0.6) is 0 Å². The van der Waals surface area contributed by atoms with E-state index >= 15 is 0 Å². The summed E-state index contributed by atoms with van der Waals surface area (Å²) in [6, 6.07) is 14.7. The predicted molar refractivity (Wildman–Crippen MR) is 90.6 cm³/mol. The van der Waals surface area contributed by atoms with Crippen molar-refractivity contribution in [3.8, 4) is 0 Å². The minimum atomic E-state index is -0.255. The van der Waals surface area contributed by atoms with Gasteiger partial charge in [0, 0.05) is 5.56 Å². The van der Waals surface area contributed by atoms with Crippen molar-refractivity contribution in [2.75, 3.05) is 0 Å². The van der Waals surface area contributed by atoms with Crippen molar-refractivity contribution in [1.29, 1.82) is 0 Å². The Balaban J connectivity index is 1.59. The van der Waals surface area contributed by atoms with Crippen LogP contribution in [-0.2, 0) is 6.54 Å². The molecule has 1 atom stereocenters. The number of benzene rings is 2. The number of nitrogens with zero attached hydrogens (tertiary/aromatic N) is 5. The lowest BCUT2D eigenvalue weighted by atomic mass is 10.1. The molecule has 8 heteroatoms. The molecule has 4 aromatic rings. The van der Waals surface area contributed by atoms with E-state index in [2.05, 4.69) is 30.9 Å². The minimum Gasteiger partial charge on any atom is -0.343 e. The minimum absolute atomic E-state index is 0.189. The molecule has 1 unspecified atom stereocenters. The Labute approximate surface area is 142 Å². The summed E-state index contributed by atoms with van der Waals surface area (Å²) < 4.78 is 0. The molecule has 0 saturated heterocycles. The number of aromatic nitrogens is 6. The van der Waals surface area contributed by atoms with Crippen LogP contribution in [0.2, 0.25) is 0 Å². The van der Waals surface area contributed by atoms with Crippen molar-refractivity contribution >= 4 is 16.9 Å². The maximum Gasteiger partial charge on any atom is 0.251 e. The van der Waals surface area contributed by atoms with Crippen molar-refractivity contribution in [3.63, 3.8) is 0 Å². The summed E-state index contributed by atoms with van der Waals surface area (Å²) in [6.45, 7) is 0.439. The number of rotatable bonds is 5. The Morgan fingerprint density at radius 1 is 1.04 bits per heavy atom. The van der Waals surface area contributed by atoms with Gasteiger partial charge in [0.1, 0.15) is 11.0 Å². The number of hydrogen-bond acceptors (Lipinski definition) is 5. The van der Waals surface area contributed by atoms with Gasteiger partial charge in [-0.15, -0.1) is 0 Å². The molecule has 0 bridgehead atoms. The Bertz CT molecular complexity index is 979. The third-order valence-electron chi connectivity index (χ3n) is 3.90. The van der Waals surface area contributed by atoms with Crippen LogP contribution >= 0.6 is 0 Å². The zero-order valence-electron chi connectivity index (χ0n) is 13.2. The van der Waals surface area contributed by atoms with Gasteiger partial charge >= 0.3 is 0 Å². The van der Waals surface area contributed by atoms with Gasteiger partial charge in [-0.3, -0.25) is 4.79 Å². The number of H-pyrrole nitrogens is 1. The standard InChI is InChI=1S/C17H15N7O/c25-17(13-6-7-14-15(10-13)22-23-21-14)20-16(11-24-18-8-9-19-24)12-4-2-1-3-5-12/h1-10,16H,11H2,(H,20,25)(H,21,22,23). The molecular formula is C17H15N7O. The molecule has 0 radical (unpaired) electrons. The first-order valence-corrected chi connectivity index (χ1v) is 7.80. The fraction of sp³-hybridized carbons (Fsp3) is 0.118. The second-order valence-electron chi connectivity index (χ2n) is 5.55. The zero-order valence-corrected chi connectivity index (χ0v) is 13.2. The molecule has 2 aromatic carbocycles. The van der Waals surface area contributed by atoms with Crippen LogP contribution in [0.25, 0.3) is 11.0 Å². The first-order chi connectivity index (χ1) is 12.3. The number of nitrogens with one attached hydrogen (secondary N) is 2. The molecule has 1 amide bonds. The quantitative estimate of drug-likeness (QED) is 0.579. The van der Waals surface area contributed by atoms with E-state index in [1.165, 1.54) is 0 Å². The van der Waals surface area contributed by atoms with Gasteiger partial charge in [0.15, 0.2) is 0 Å². The molecule has 8 nitrogen and oxygen atoms in total. The molecule has 2 N–H and O–H groups in total. The van der Waals surface area contributed by atoms with Gasteiger partial charge in [-0.05, 0) is 23.8 Å². The van der Waals surface area contributed by atoms with Gasteiger partial charge in [0.2, 0.25) is 0 Å². The molecule has 25 heavy (non-hydrogen) atoms. The highest BCUT2D eigenvalue weighted by Gasteiger charge is 2.17. The van der Waals surface area contributed by atoms with Gasteiger partial charge in [0.25, 0.3) is 5.91 Å². The van der Waals surface area contributed by atoms with E-state index in [4.69, 9.17) is 0 Å². The topological polar surface area (TPSA) is 101 Å². The Morgan fingerprint density at radius 3 is 2.60 bits per heavy atom. The molecular weight excluding hydrogens is 318 g/mol.